The lowest BCUT2D eigenvalue weighted by molar-refractivity contribution is 0.281. The molecular formula is C20H29ClN4. The van der Waals surface area contributed by atoms with Gasteiger partial charge in [0.05, 0.1) is 0 Å². The molecule has 0 spiro atoms. The maximum absolute atomic E-state index is 6.13. The van der Waals surface area contributed by atoms with Crippen LogP contribution in [0.25, 0.3) is 0 Å². The van der Waals surface area contributed by atoms with Crippen LogP contribution in [0, 0.1) is 5.92 Å². The maximum Gasteiger partial charge on any atom is 0.193 e. The van der Waals surface area contributed by atoms with Crippen molar-refractivity contribution in [2.24, 2.45) is 10.9 Å². The van der Waals surface area contributed by atoms with Gasteiger partial charge in [0.25, 0.3) is 0 Å². The van der Waals surface area contributed by atoms with Crippen LogP contribution in [0.1, 0.15) is 37.2 Å². The maximum atomic E-state index is 6.13. The number of guanidine groups is 1. The molecule has 1 N–H and O–H groups in total. The summed E-state index contributed by atoms with van der Waals surface area (Å²) < 4.78 is 0. The van der Waals surface area contributed by atoms with Gasteiger partial charge < -0.3 is 15.1 Å². The van der Waals surface area contributed by atoms with E-state index in [-0.39, 0.29) is 0 Å². The lowest BCUT2D eigenvalue weighted by Gasteiger charge is -2.23. The van der Waals surface area contributed by atoms with Gasteiger partial charge in [0.2, 0.25) is 0 Å². The minimum atomic E-state index is 0.495. The lowest BCUT2D eigenvalue weighted by atomic mass is 10.1. The van der Waals surface area contributed by atoms with E-state index in [4.69, 9.17) is 11.6 Å². The van der Waals surface area contributed by atoms with Crippen LogP contribution in [-0.4, -0.2) is 61.6 Å². The molecule has 1 aliphatic carbocycles. The van der Waals surface area contributed by atoms with E-state index in [1.807, 2.05) is 19.2 Å². The van der Waals surface area contributed by atoms with E-state index in [0.29, 0.717) is 12.0 Å². The van der Waals surface area contributed by atoms with E-state index in [1.54, 1.807) is 0 Å². The molecule has 3 aliphatic rings. The van der Waals surface area contributed by atoms with Gasteiger partial charge in [-0.05, 0) is 62.4 Å². The Morgan fingerprint density at radius 3 is 2.88 bits per heavy atom. The fourth-order valence-electron chi connectivity index (χ4n) is 4.43. The van der Waals surface area contributed by atoms with Gasteiger partial charge in [-0.15, -0.1) is 0 Å². The summed E-state index contributed by atoms with van der Waals surface area (Å²) in [6.45, 7) is 6.14. The predicted molar refractivity (Wildman–Crippen MR) is 104 cm³/mol. The number of hydrogen-bond acceptors (Lipinski definition) is 2. The topological polar surface area (TPSA) is 30.9 Å². The van der Waals surface area contributed by atoms with Crippen molar-refractivity contribution in [1.29, 1.82) is 0 Å². The molecule has 0 radical (unpaired) electrons. The highest BCUT2D eigenvalue weighted by atomic mass is 35.5. The molecule has 4 rings (SSSR count). The summed E-state index contributed by atoms with van der Waals surface area (Å²) in [5.74, 6) is 2.44. The Kier molecular flexibility index (Phi) is 5.18. The van der Waals surface area contributed by atoms with E-state index < -0.39 is 0 Å². The molecule has 0 amide bonds. The van der Waals surface area contributed by atoms with Gasteiger partial charge in [0.15, 0.2) is 5.96 Å². The summed E-state index contributed by atoms with van der Waals surface area (Å²) in [5.41, 5.74) is 1.34. The second-order valence-electron chi connectivity index (χ2n) is 7.80. The van der Waals surface area contributed by atoms with Crippen molar-refractivity contribution in [2.45, 2.75) is 37.6 Å². The molecule has 4 nitrogen and oxygen atoms in total. The number of rotatable bonds is 4. The van der Waals surface area contributed by atoms with E-state index in [2.05, 4.69) is 32.2 Å². The molecule has 1 aromatic rings. The largest absolute Gasteiger partial charge is 0.353 e. The van der Waals surface area contributed by atoms with Crippen molar-refractivity contribution in [3.8, 4) is 0 Å². The molecule has 3 unspecified atom stereocenters. The van der Waals surface area contributed by atoms with Crippen LogP contribution in [0.3, 0.4) is 0 Å². The molecule has 1 saturated carbocycles. The number of nitrogens with zero attached hydrogens (tertiary/aromatic N) is 3. The normalized spacial score (nSPS) is 30.1. The molecule has 0 aromatic heterocycles. The summed E-state index contributed by atoms with van der Waals surface area (Å²) in [6.07, 6.45) is 5.22. The van der Waals surface area contributed by atoms with Gasteiger partial charge in [-0.25, -0.2) is 0 Å². The van der Waals surface area contributed by atoms with Crippen LogP contribution in [0.15, 0.2) is 29.3 Å². The third-order valence-corrected chi connectivity index (χ3v) is 6.13. The van der Waals surface area contributed by atoms with Gasteiger partial charge in [0.1, 0.15) is 0 Å². The summed E-state index contributed by atoms with van der Waals surface area (Å²) in [5, 5.41) is 4.51. The SMILES string of the molecule is CN=C(NC1CC1c1cccc(Cl)c1)N1CCC(CN2CCCC2)C1. The molecule has 5 heteroatoms. The van der Waals surface area contributed by atoms with Crippen molar-refractivity contribution in [3.63, 3.8) is 0 Å². The summed E-state index contributed by atoms with van der Waals surface area (Å²) in [4.78, 5) is 9.65. The second-order valence-corrected chi connectivity index (χ2v) is 8.24. The average Bonchev–Trinajstić information content (AvgIpc) is 2.97. The van der Waals surface area contributed by atoms with Crippen LogP contribution in [0.4, 0.5) is 0 Å². The molecular weight excluding hydrogens is 332 g/mol. The highest BCUT2D eigenvalue weighted by molar-refractivity contribution is 6.30. The van der Waals surface area contributed by atoms with Crippen molar-refractivity contribution in [3.05, 3.63) is 34.9 Å². The minimum absolute atomic E-state index is 0.495. The summed E-state index contributed by atoms with van der Waals surface area (Å²) in [7, 11) is 1.91. The molecule has 1 aromatic carbocycles. The molecule has 2 heterocycles. The summed E-state index contributed by atoms with van der Waals surface area (Å²) in [6, 6.07) is 8.77. The van der Waals surface area contributed by atoms with Gasteiger partial charge in [-0.3, -0.25) is 4.99 Å². The zero-order valence-corrected chi connectivity index (χ0v) is 15.9. The van der Waals surface area contributed by atoms with E-state index >= 15 is 0 Å². The Balaban J connectivity index is 1.29. The van der Waals surface area contributed by atoms with Crippen molar-refractivity contribution >= 4 is 17.6 Å². The Hall–Kier alpha value is -1.26. The quantitative estimate of drug-likeness (QED) is 0.660. The molecule has 2 saturated heterocycles. The number of nitrogens with one attached hydrogen (secondary N) is 1. The van der Waals surface area contributed by atoms with Gasteiger partial charge in [-0.2, -0.15) is 0 Å². The zero-order chi connectivity index (χ0) is 17.2. The molecule has 25 heavy (non-hydrogen) atoms. The predicted octanol–water partition coefficient (Wildman–Crippen LogP) is 3.19. The number of benzene rings is 1. The minimum Gasteiger partial charge on any atom is -0.353 e. The Morgan fingerprint density at radius 1 is 1.28 bits per heavy atom. The Morgan fingerprint density at radius 2 is 2.12 bits per heavy atom. The van der Waals surface area contributed by atoms with Crippen molar-refractivity contribution in [1.82, 2.24) is 15.1 Å². The molecule has 0 bridgehead atoms. The Labute approximate surface area is 156 Å². The number of likely N-dealkylation sites (tertiary alicyclic amines) is 2. The fraction of sp³-hybridized carbons (Fsp3) is 0.650. The molecule has 3 fully saturated rings. The third kappa shape index (κ3) is 4.12. The van der Waals surface area contributed by atoms with Crippen molar-refractivity contribution < 1.29 is 0 Å². The van der Waals surface area contributed by atoms with Crippen LogP contribution in [0.2, 0.25) is 5.02 Å². The standard InChI is InChI=1S/C20H29ClN4/c1-22-20(23-19-12-18(19)16-5-4-6-17(21)11-16)25-10-7-15(14-25)13-24-8-2-3-9-24/h4-6,11,15,18-19H,2-3,7-10,12-14H2,1H3,(H,22,23). The van der Waals surface area contributed by atoms with Gasteiger partial charge >= 0.3 is 0 Å². The van der Waals surface area contributed by atoms with Crippen LogP contribution in [-0.2, 0) is 0 Å². The average molecular weight is 361 g/mol. The second kappa shape index (κ2) is 7.55. The van der Waals surface area contributed by atoms with E-state index in [1.165, 1.54) is 50.9 Å². The first-order valence-electron chi connectivity index (χ1n) is 9.69. The Bertz CT molecular complexity index is 626. The molecule has 136 valence electrons. The van der Waals surface area contributed by atoms with Crippen LogP contribution in [0.5, 0.6) is 0 Å². The monoisotopic (exact) mass is 360 g/mol. The smallest absolute Gasteiger partial charge is 0.193 e. The van der Waals surface area contributed by atoms with Crippen molar-refractivity contribution in [2.75, 3.05) is 39.8 Å². The molecule has 3 atom stereocenters. The number of aliphatic imine (C=N–C) groups is 1. The third-order valence-electron chi connectivity index (χ3n) is 5.89. The summed E-state index contributed by atoms with van der Waals surface area (Å²) >= 11 is 6.13. The van der Waals surface area contributed by atoms with Crippen LogP contribution < -0.4 is 5.32 Å². The fourth-order valence-corrected chi connectivity index (χ4v) is 4.63. The highest BCUT2D eigenvalue weighted by Gasteiger charge is 2.40. The van der Waals surface area contributed by atoms with Crippen LogP contribution >= 0.6 is 11.6 Å². The zero-order valence-electron chi connectivity index (χ0n) is 15.1. The van der Waals surface area contributed by atoms with Gasteiger partial charge in [-0.1, -0.05) is 23.7 Å². The highest BCUT2D eigenvalue weighted by Crippen LogP contribution is 2.41. The number of halogens is 1. The van der Waals surface area contributed by atoms with Gasteiger partial charge in [0, 0.05) is 43.7 Å². The first-order valence-corrected chi connectivity index (χ1v) is 10.1. The van der Waals surface area contributed by atoms with E-state index in [0.717, 1.165) is 30.0 Å². The molecule has 2 aliphatic heterocycles. The first kappa shape index (κ1) is 17.2. The number of hydrogen-bond donors (Lipinski definition) is 1. The first-order chi connectivity index (χ1) is 12.2. The lowest BCUT2D eigenvalue weighted by Crippen LogP contribution is -2.42. The van der Waals surface area contributed by atoms with E-state index in [9.17, 15) is 0 Å².